The Morgan fingerprint density at radius 2 is 2.04 bits per heavy atom. The lowest BCUT2D eigenvalue weighted by Crippen LogP contribution is -2.25. The van der Waals surface area contributed by atoms with Crippen LogP contribution in [0.1, 0.15) is 49.4 Å². The molecule has 1 N–H and O–H groups in total. The highest BCUT2D eigenvalue weighted by atomic mass is 16.1. The van der Waals surface area contributed by atoms with E-state index in [1.165, 1.54) is 18.5 Å². The minimum Gasteiger partial charge on any atom is -0.352 e. The average molecular weight is 349 g/mol. The molecule has 1 aliphatic rings. The minimum absolute atomic E-state index is 0.0384. The summed E-state index contributed by atoms with van der Waals surface area (Å²) >= 11 is 0. The smallest absolute Gasteiger partial charge is 0.222 e. The van der Waals surface area contributed by atoms with Gasteiger partial charge in [-0.05, 0) is 43.5 Å². The number of rotatable bonds is 7. The summed E-state index contributed by atoms with van der Waals surface area (Å²) in [6.45, 7) is 2.54. The van der Waals surface area contributed by atoms with Crippen molar-refractivity contribution in [3.8, 4) is 5.69 Å². The SMILES string of the molecule is CC(CC(=O)NCc1ccc(-n2ccc(C3CC3)n2)cc1)n1ccnc1. The van der Waals surface area contributed by atoms with Gasteiger partial charge >= 0.3 is 0 Å². The molecule has 1 fully saturated rings. The fourth-order valence-electron chi connectivity index (χ4n) is 3.02. The van der Waals surface area contributed by atoms with Gasteiger partial charge in [-0.15, -0.1) is 0 Å². The molecule has 3 aromatic rings. The van der Waals surface area contributed by atoms with Crippen molar-refractivity contribution in [1.29, 1.82) is 0 Å². The third kappa shape index (κ3) is 3.85. The molecule has 1 atom stereocenters. The monoisotopic (exact) mass is 349 g/mol. The van der Waals surface area contributed by atoms with Crippen molar-refractivity contribution in [2.75, 3.05) is 0 Å². The molecule has 4 rings (SSSR count). The first-order valence-electron chi connectivity index (χ1n) is 9.08. The van der Waals surface area contributed by atoms with Gasteiger partial charge in [0, 0.05) is 43.5 Å². The first-order chi connectivity index (χ1) is 12.7. The van der Waals surface area contributed by atoms with Crippen molar-refractivity contribution in [3.05, 3.63) is 66.5 Å². The second-order valence-electron chi connectivity index (χ2n) is 6.97. The summed E-state index contributed by atoms with van der Waals surface area (Å²) in [4.78, 5) is 16.1. The topological polar surface area (TPSA) is 64.7 Å². The van der Waals surface area contributed by atoms with Crippen molar-refractivity contribution >= 4 is 5.91 Å². The summed E-state index contributed by atoms with van der Waals surface area (Å²) in [7, 11) is 0. The third-order valence-corrected chi connectivity index (χ3v) is 4.81. The normalized spacial score (nSPS) is 15.0. The zero-order chi connectivity index (χ0) is 17.9. The third-order valence-electron chi connectivity index (χ3n) is 4.81. The van der Waals surface area contributed by atoms with Crippen LogP contribution in [-0.4, -0.2) is 25.2 Å². The molecule has 0 radical (unpaired) electrons. The van der Waals surface area contributed by atoms with E-state index < -0.39 is 0 Å². The number of carbonyl (C=O) groups excluding carboxylic acids is 1. The highest BCUT2D eigenvalue weighted by Crippen LogP contribution is 2.39. The fraction of sp³-hybridized carbons (Fsp3) is 0.350. The number of carbonyl (C=O) groups is 1. The van der Waals surface area contributed by atoms with Gasteiger partial charge in [-0.1, -0.05) is 12.1 Å². The molecule has 6 nitrogen and oxygen atoms in total. The number of benzene rings is 1. The Morgan fingerprint density at radius 1 is 1.23 bits per heavy atom. The molecule has 6 heteroatoms. The van der Waals surface area contributed by atoms with E-state index in [1.807, 2.05) is 52.8 Å². The molecular weight excluding hydrogens is 326 g/mol. The van der Waals surface area contributed by atoms with Gasteiger partial charge in [0.05, 0.1) is 17.7 Å². The van der Waals surface area contributed by atoms with Crippen LogP contribution < -0.4 is 5.32 Å². The molecule has 1 aliphatic carbocycles. The second-order valence-corrected chi connectivity index (χ2v) is 6.97. The van der Waals surface area contributed by atoms with Gasteiger partial charge in [0.2, 0.25) is 5.91 Å². The predicted octanol–water partition coefficient (Wildman–Crippen LogP) is 3.21. The van der Waals surface area contributed by atoms with Crippen molar-refractivity contribution in [2.45, 2.75) is 44.7 Å². The maximum Gasteiger partial charge on any atom is 0.222 e. The summed E-state index contributed by atoms with van der Waals surface area (Å²) in [6, 6.07) is 10.4. The quantitative estimate of drug-likeness (QED) is 0.712. The van der Waals surface area contributed by atoms with Crippen LogP contribution >= 0.6 is 0 Å². The Morgan fingerprint density at radius 3 is 2.73 bits per heavy atom. The molecule has 0 aliphatic heterocycles. The zero-order valence-corrected chi connectivity index (χ0v) is 14.9. The number of hydrogen-bond acceptors (Lipinski definition) is 3. The van der Waals surface area contributed by atoms with Gasteiger partial charge in [-0.25, -0.2) is 9.67 Å². The van der Waals surface area contributed by atoms with E-state index in [1.54, 1.807) is 12.5 Å². The lowest BCUT2D eigenvalue weighted by atomic mass is 10.2. The molecule has 0 bridgehead atoms. The van der Waals surface area contributed by atoms with Gasteiger partial charge in [0.1, 0.15) is 0 Å². The van der Waals surface area contributed by atoms with E-state index in [0.29, 0.717) is 18.9 Å². The van der Waals surface area contributed by atoms with Crippen molar-refractivity contribution in [3.63, 3.8) is 0 Å². The van der Waals surface area contributed by atoms with Crippen LogP contribution in [0.15, 0.2) is 55.2 Å². The molecule has 2 heterocycles. The number of amides is 1. The molecule has 1 amide bonds. The first-order valence-corrected chi connectivity index (χ1v) is 9.08. The maximum atomic E-state index is 12.1. The highest BCUT2D eigenvalue weighted by molar-refractivity contribution is 5.76. The number of nitrogens with one attached hydrogen (secondary N) is 1. The van der Waals surface area contributed by atoms with E-state index in [0.717, 1.165) is 11.3 Å². The number of nitrogens with zero attached hydrogens (tertiary/aromatic N) is 4. The van der Waals surface area contributed by atoms with Crippen molar-refractivity contribution in [1.82, 2.24) is 24.6 Å². The van der Waals surface area contributed by atoms with Crippen LogP contribution in [0.4, 0.5) is 0 Å². The lowest BCUT2D eigenvalue weighted by Gasteiger charge is -2.13. The molecule has 1 saturated carbocycles. The van der Waals surface area contributed by atoms with Gasteiger partial charge < -0.3 is 9.88 Å². The van der Waals surface area contributed by atoms with Crippen LogP contribution in [-0.2, 0) is 11.3 Å². The molecule has 134 valence electrons. The molecule has 1 aromatic carbocycles. The van der Waals surface area contributed by atoms with Crippen LogP contribution in [0.25, 0.3) is 5.69 Å². The largest absolute Gasteiger partial charge is 0.352 e. The summed E-state index contributed by atoms with van der Waals surface area (Å²) in [5, 5.41) is 7.63. The van der Waals surface area contributed by atoms with Crippen molar-refractivity contribution in [2.24, 2.45) is 0 Å². The fourth-order valence-corrected chi connectivity index (χ4v) is 3.02. The number of imidazole rings is 1. The number of hydrogen-bond donors (Lipinski definition) is 1. The van der Waals surface area contributed by atoms with Crippen LogP contribution in [0.2, 0.25) is 0 Å². The molecule has 1 unspecified atom stereocenters. The van der Waals surface area contributed by atoms with Crippen LogP contribution in [0.5, 0.6) is 0 Å². The van der Waals surface area contributed by atoms with E-state index in [2.05, 4.69) is 21.5 Å². The Labute approximate surface area is 152 Å². The molecule has 2 aromatic heterocycles. The maximum absolute atomic E-state index is 12.1. The first kappa shape index (κ1) is 16.6. The Bertz CT molecular complexity index is 862. The average Bonchev–Trinajstić information content (AvgIpc) is 3.15. The standard InChI is InChI=1S/C20H23N5O/c1-15(24-11-9-21-14-24)12-20(26)22-13-16-2-6-18(7-3-16)25-10-8-19(23-25)17-4-5-17/h2-3,6-11,14-15,17H,4-5,12-13H2,1H3,(H,22,26). The summed E-state index contributed by atoms with van der Waals surface area (Å²) < 4.78 is 3.86. The van der Waals surface area contributed by atoms with Crippen LogP contribution in [0, 0.1) is 0 Å². The minimum atomic E-state index is 0.0384. The van der Waals surface area contributed by atoms with E-state index in [-0.39, 0.29) is 11.9 Å². The van der Waals surface area contributed by atoms with Gasteiger partial charge in [0.15, 0.2) is 0 Å². The zero-order valence-electron chi connectivity index (χ0n) is 14.9. The van der Waals surface area contributed by atoms with Gasteiger partial charge in [0.25, 0.3) is 0 Å². The highest BCUT2D eigenvalue weighted by Gasteiger charge is 2.25. The Hall–Kier alpha value is -2.89. The molecule has 26 heavy (non-hydrogen) atoms. The molecule has 0 saturated heterocycles. The number of aromatic nitrogens is 4. The summed E-state index contributed by atoms with van der Waals surface area (Å²) in [5.74, 6) is 0.701. The van der Waals surface area contributed by atoms with Gasteiger partial charge in [-0.3, -0.25) is 4.79 Å². The van der Waals surface area contributed by atoms with E-state index in [4.69, 9.17) is 0 Å². The molecular formula is C20H23N5O. The van der Waals surface area contributed by atoms with Crippen molar-refractivity contribution < 1.29 is 4.79 Å². The lowest BCUT2D eigenvalue weighted by molar-refractivity contribution is -0.121. The van der Waals surface area contributed by atoms with Gasteiger partial charge in [-0.2, -0.15) is 5.10 Å². The molecule has 0 spiro atoms. The second kappa shape index (κ2) is 7.15. The van der Waals surface area contributed by atoms with Crippen LogP contribution in [0.3, 0.4) is 0 Å². The summed E-state index contributed by atoms with van der Waals surface area (Å²) in [6.07, 6.45) is 10.3. The Kier molecular flexibility index (Phi) is 4.56. The Balaban J connectivity index is 1.30. The van der Waals surface area contributed by atoms with E-state index in [9.17, 15) is 4.79 Å². The predicted molar refractivity (Wildman–Crippen MR) is 98.9 cm³/mol. The summed E-state index contributed by atoms with van der Waals surface area (Å²) in [5.41, 5.74) is 3.31. The van der Waals surface area contributed by atoms with E-state index >= 15 is 0 Å².